The molecule has 204 valence electrons. The number of phenolic OH excluding ortho intramolecular Hbond substituents is 1. The number of benzene rings is 3. The molecule has 0 aliphatic rings. The highest BCUT2D eigenvalue weighted by molar-refractivity contribution is 6.42. The number of nitrogens with one attached hydrogen (secondary N) is 2. The summed E-state index contributed by atoms with van der Waals surface area (Å²) in [6.07, 6.45) is 1.52. The van der Waals surface area contributed by atoms with Crippen molar-refractivity contribution in [3.8, 4) is 5.75 Å². The van der Waals surface area contributed by atoms with Gasteiger partial charge in [0.05, 0.1) is 15.6 Å². The minimum Gasteiger partial charge on any atom is -0.507 e. The van der Waals surface area contributed by atoms with Crippen molar-refractivity contribution in [3.63, 3.8) is 0 Å². The number of carbonyl (C=O) groups is 1. The van der Waals surface area contributed by atoms with Crippen LogP contribution in [0, 0.1) is 0 Å². The lowest BCUT2D eigenvalue weighted by molar-refractivity contribution is 0.242. The van der Waals surface area contributed by atoms with Crippen molar-refractivity contribution in [3.05, 3.63) is 92.5 Å². The normalized spacial score (nSPS) is 12.4. The number of phenols is 1. The highest BCUT2D eigenvalue weighted by atomic mass is 35.5. The van der Waals surface area contributed by atoms with Gasteiger partial charge in [0.1, 0.15) is 5.75 Å². The molecule has 3 N–H and O–H groups in total. The van der Waals surface area contributed by atoms with Crippen molar-refractivity contribution >= 4 is 34.9 Å². The number of rotatable bonds is 6. The summed E-state index contributed by atoms with van der Waals surface area (Å²) in [6, 6.07) is 17.1. The van der Waals surface area contributed by atoms with E-state index in [4.69, 9.17) is 23.2 Å². The smallest absolute Gasteiger partial charge is 0.319 e. The van der Waals surface area contributed by atoms with E-state index in [2.05, 4.69) is 64.3 Å². The SMILES string of the molecule is CC(C)(C)c1cc(CCc2ccccc2NC(=O)NC(C)(C)c2ccc(Cl)c(Cl)c2)cc(C(C)(C)C)c1O. The molecule has 0 spiro atoms. The van der Waals surface area contributed by atoms with Gasteiger partial charge in [-0.1, -0.05) is 101 Å². The van der Waals surface area contributed by atoms with Gasteiger partial charge in [-0.2, -0.15) is 0 Å². The molecule has 0 fully saturated rings. The van der Waals surface area contributed by atoms with E-state index < -0.39 is 5.54 Å². The van der Waals surface area contributed by atoms with E-state index in [1.165, 1.54) is 0 Å². The Labute approximate surface area is 237 Å². The standard InChI is InChI=1S/C32H40Cl2N2O2/c1-30(2,3)23-17-20(18-24(28(23)37)31(4,5)6)13-14-21-11-9-10-12-27(21)35-29(38)36-32(7,8)22-15-16-25(33)26(34)19-22/h9-12,15-19,37H,13-14H2,1-8H3,(H2,35,36,38). The van der Waals surface area contributed by atoms with Gasteiger partial charge in [0.15, 0.2) is 0 Å². The number of hydrogen-bond donors (Lipinski definition) is 3. The Balaban J connectivity index is 1.80. The zero-order valence-corrected chi connectivity index (χ0v) is 25.2. The van der Waals surface area contributed by atoms with Crippen LogP contribution < -0.4 is 10.6 Å². The molecule has 3 aromatic rings. The molecule has 0 unspecified atom stereocenters. The van der Waals surface area contributed by atoms with E-state index >= 15 is 0 Å². The maximum atomic E-state index is 13.0. The predicted molar refractivity (Wildman–Crippen MR) is 161 cm³/mol. The average Bonchev–Trinajstić information content (AvgIpc) is 2.79. The monoisotopic (exact) mass is 554 g/mol. The summed E-state index contributed by atoms with van der Waals surface area (Å²) in [7, 11) is 0. The van der Waals surface area contributed by atoms with E-state index in [-0.39, 0.29) is 16.9 Å². The number of hydrogen-bond acceptors (Lipinski definition) is 2. The molecule has 4 nitrogen and oxygen atoms in total. The molecule has 0 radical (unpaired) electrons. The summed E-state index contributed by atoms with van der Waals surface area (Å²) in [4.78, 5) is 13.0. The first-order valence-corrected chi connectivity index (χ1v) is 13.7. The Morgan fingerprint density at radius 2 is 1.37 bits per heavy atom. The van der Waals surface area contributed by atoms with Gasteiger partial charge in [-0.15, -0.1) is 0 Å². The van der Waals surface area contributed by atoms with Gasteiger partial charge in [0, 0.05) is 5.69 Å². The maximum absolute atomic E-state index is 13.0. The van der Waals surface area contributed by atoms with E-state index in [9.17, 15) is 9.90 Å². The zero-order chi connectivity index (χ0) is 28.5. The molecular weight excluding hydrogens is 515 g/mol. The van der Waals surface area contributed by atoms with Gasteiger partial charge < -0.3 is 15.7 Å². The summed E-state index contributed by atoms with van der Waals surface area (Å²) in [5.41, 5.74) is 4.71. The number of aromatic hydroxyl groups is 1. The summed E-state index contributed by atoms with van der Waals surface area (Å²) in [6.45, 7) is 16.6. The van der Waals surface area contributed by atoms with Gasteiger partial charge in [-0.05, 0) is 83.5 Å². The number of amides is 2. The van der Waals surface area contributed by atoms with E-state index in [1.54, 1.807) is 12.1 Å². The van der Waals surface area contributed by atoms with Crippen LogP contribution in [-0.4, -0.2) is 11.1 Å². The number of urea groups is 1. The maximum Gasteiger partial charge on any atom is 0.319 e. The predicted octanol–water partition coefficient (Wildman–Crippen LogP) is 9.14. The van der Waals surface area contributed by atoms with Crippen LogP contribution in [0.5, 0.6) is 5.75 Å². The van der Waals surface area contributed by atoms with Gasteiger partial charge in [-0.25, -0.2) is 4.79 Å². The highest BCUT2D eigenvalue weighted by Crippen LogP contribution is 2.40. The number of aryl methyl sites for hydroxylation is 2. The van der Waals surface area contributed by atoms with Crippen LogP contribution in [0.15, 0.2) is 54.6 Å². The molecule has 0 aliphatic heterocycles. The van der Waals surface area contributed by atoms with Gasteiger partial charge in [0.2, 0.25) is 0 Å². The first-order chi connectivity index (χ1) is 17.5. The lowest BCUT2D eigenvalue weighted by Gasteiger charge is -2.28. The molecule has 0 saturated heterocycles. The van der Waals surface area contributed by atoms with Crippen LogP contribution in [0.4, 0.5) is 10.5 Å². The summed E-state index contributed by atoms with van der Waals surface area (Å²) in [5, 5.41) is 18.0. The quantitative estimate of drug-likeness (QED) is 0.284. The van der Waals surface area contributed by atoms with Crippen molar-refractivity contribution in [2.24, 2.45) is 0 Å². The fraction of sp³-hybridized carbons (Fsp3) is 0.406. The molecule has 38 heavy (non-hydrogen) atoms. The lowest BCUT2D eigenvalue weighted by Crippen LogP contribution is -2.43. The molecule has 0 aromatic heterocycles. The Morgan fingerprint density at radius 3 is 1.92 bits per heavy atom. The molecule has 0 saturated carbocycles. The molecule has 3 rings (SSSR count). The van der Waals surface area contributed by atoms with E-state index in [1.807, 2.05) is 44.2 Å². The molecule has 0 atom stereocenters. The second kappa shape index (κ2) is 11.2. The van der Waals surface area contributed by atoms with Crippen molar-refractivity contribution in [1.82, 2.24) is 5.32 Å². The molecular formula is C32H40Cl2N2O2. The number of carbonyl (C=O) groups excluding carboxylic acids is 1. The average molecular weight is 556 g/mol. The van der Waals surface area contributed by atoms with Crippen molar-refractivity contribution in [2.45, 2.75) is 84.6 Å². The van der Waals surface area contributed by atoms with Crippen LogP contribution in [-0.2, 0) is 29.2 Å². The third-order valence-corrected chi connectivity index (χ3v) is 7.54. The molecule has 6 heteroatoms. The van der Waals surface area contributed by atoms with Crippen LogP contribution >= 0.6 is 23.2 Å². The highest BCUT2D eigenvalue weighted by Gasteiger charge is 2.27. The second-order valence-electron chi connectivity index (χ2n) is 12.5. The minimum atomic E-state index is -0.661. The zero-order valence-electron chi connectivity index (χ0n) is 23.7. The molecule has 2 amide bonds. The van der Waals surface area contributed by atoms with Crippen LogP contribution in [0.1, 0.15) is 83.2 Å². The summed E-state index contributed by atoms with van der Waals surface area (Å²) < 4.78 is 0. The van der Waals surface area contributed by atoms with Crippen molar-refractivity contribution in [2.75, 3.05) is 5.32 Å². The largest absolute Gasteiger partial charge is 0.507 e. The fourth-order valence-corrected chi connectivity index (χ4v) is 4.81. The number of halogens is 2. The van der Waals surface area contributed by atoms with Crippen molar-refractivity contribution in [1.29, 1.82) is 0 Å². The summed E-state index contributed by atoms with van der Waals surface area (Å²) >= 11 is 12.3. The van der Waals surface area contributed by atoms with Crippen LogP contribution in [0.3, 0.4) is 0 Å². The number of anilines is 1. The minimum absolute atomic E-state index is 0.182. The Kier molecular flexibility index (Phi) is 8.80. The number of para-hydroxylation sites is 1. The second-order valence-corrected chi connectivity index (χ2v) is 13.3. The molecule has 3 aromatic carbocycles. The lowest BCUT2D eigenvalue weighted by atomic mass is 9.78. The Hall–Kier alpha value is -2.69. The first kappa shape index (κ1) is 29.9. The van der Waals surface area contributed by atoms with Gasteiger partial charge in [0.25, 0.3) is 0 Å². The fourth-order valence-electron chi connectivity index (χ4n) is 4.52. The van der Waals surface area contributed by atoms with Crippen LogP contribution in [0.2, 0.25) is 10.0 Å². The third kappa shape index (κ3) is 7.24. The van der Waals surface area contributed by atoms with E-state index in [0.717, 1.165) is 46.3 Å². The van der Waals surface area contributed by atoms with Crippen LogP contribution in [0.25, 0.3) is 0 Å². The Morgan fingerprint density at radius 1 is 0.789 bits per heavy atom. The summed E-state index contributed by atoms with van der Waals surface area (Å²) in [5.74, 6) is 0.386. The van der Waals surface area contributed by atoms with Gasteiger partial charge >= 0.3 is 6.03 Å². The topological polar surface area (TPSA) is 61.4 Å². The third-order valence-electron chi connectivity index (χ3n) is 6.80. The van der Waals surface area contributed by atoms with E-state index in [0.29, 0.717) is 15.8 Å². The van der Waals surface area contributed by atoms with Crippen molar-refractivity contribution < 1.29 is 9.90 Å². The molecule has 0 heterocycles. The molecule has 0 bridgehead atoms. The van der Waals surface area contributed by atoms with Gasteiger partial charge in [-0.3, -0.25) is 0 Å². The first-order valence-electron chi connectivity index (χ1n) is 13.0. The molecule has 0 aliphatic carbocycles. The Bertz CT molecular complexity index is 1280.